The van der Waals surface area contributed by atoms with Crippen LogP contribution in [0.15, 0.2) is 47.7 Å². The van der Waals surface area contributed by atoms with Gasteiger partial charge in [0.25, 0.3) is 0 Å². The molecule has 0 spiro atoms. The van der Waals surface area contributed by atoms with Crippen LogP contribution in [0.2, 0.25) is 10.0 Å². The number of aromatic nitrogens is 1. The van der Waals surface area contributed by atoms with E-state index in [2.05, 4.69) is 20.6 Å². The van der Waals surface area contributed by atoms with Crippen molar-refractivity contribution in [3.05, 3.63) is 63.9 Å². The third kappa shape index (κ3) is 6.83. The maximum absolute atomic E-state index is 10.2. The lowest BCUT2D eigenvalue weighted by molar-refractivity contribution is 0.187. The molecule has 2 rings (SSSR count). The van der Waals surface area contributed by atoms with Crippen LogP contribution in [0.4, 0.5) is 0 Å². The van der Waals surface area contributed by atoms with Crippen molar-refractivity contribution < 1.29 is 5.11 Å². The summed E-state index contributed by atoms with van der Waals surface area (Å²) >= 11 is 12.1. The summed E-state index contributed by atoms with van der Waals surface area (Å²) in [5, 5.41) is 18.0. The van der Waals surface area contributed by atoms with Crippen LogP contribution in [0.1, 0.15) is 30.6 Å². The van der Waals surface area contributed by atoms with Crippen molar-refractivity contribution in [1.82, 2.24) is 15.6 Å². The highest BCUT2D eigenvalue weighted by Gasteiger charge is 2.07. The molecule has 1 aromatic carbocycles. The predicted molar refractivity (Wildman–Crippen MR) is 108 cm³/mol. The van der Waals surface area contributed by atoms with Gasteiger partial charge in [-0.15, -0.1) is 0 Å². The molecule has 1 aromatic heterocycles. The molecule has 0 aliphatic heterocycles. The Hall–Kier alpha value is -1.82. The number of hydrogen-bond acceptors (Lipinski definition) is 3. The van der Waals surface area contributed by atoms with Gasteiger partial charge in [0, 0.05) is 35.5 Å². The van der Waals surface area contributed by atoms with Crippen LogP contribution >= 0.6 is 23.2 Å². The van der Waals surface area contributed by atoms with Crippen LogP contribution in [0.5, 0.6) is 0 Å². The fourth-order valence-corrected chi connectivity index (χ4v) is 2.92. The molecule has 1 heterocycles. The monoisotopic (exact) mass is 394 g/mol. The van der Waals surface area contributed by atoms with Crippen LogP contribution in [-0.2, 0) is 6.42 Å². The molecule has 7 heteroatoms. The zero-order valence-corrected chi connectivity index (χ0v) is 16.3. The Balaban J connectivity index is 1.81. The first kappa shape index (κ1) is 20.5. The second-order valence-corrected chi connectivity index (χ2v) is 6.63. The summed E-state index contributed by atoms with van der Waals surface area (Å²) in [7, 11) is 0. The second-order valence-electron chi connectivity index (χ2n) is 5.78. The van der Waals surface area contributed by atoms with E-state index >= 15 is 0 Å². The summed E-state index contributed by atoms with van der Waals surface area (Å²) in [6, 6.07) is 9.14. The third-order valence-corrected chi connectivity index (χ3v) is 4.37. The summed E-state index contributed by atoms with van der Waals surface area (Å²) < 4.78 is 0. The van der Waals surface area contributed by atoms with E-state index in [1.165, 1.54) is 0 Å². The van der Waals surface area contributed by atoms with E-state index < -0.39 is 6.10 Å². The lowest BCUT2D eigenvalue weighted by Gasteiger charge is -2.13. The Morgan fingerprint density at radius 3 is 2.65 bits per heavy atom. The number of guanidine groups is 1. The average Bonchev–Trinajstić information content (AvgIpc) is 2.65. The van der Waals surface area contributed by atoms with Crippen molar-refractivity contribution in [3.8, 4) is 0 Å². The van der Waals surface area contributed by atoms with Crippen molar-refractivity contribution in [1.29, 1.82) is 0 Å². The zero-order chi connectivity index (χ0) is 18.8. The number of nitrogens with zero attached hydrogens (tertiary/aromatic N) is 2. The van der Waals surface area contributed by atoms with Crippen molar-refractivity contribution in [2.24, 2.45) is 4.99 Å². The lowest BCUT2D eigenvalue weighted by atomic mass is 10.1. The molecule has 0 bridgehead atoms. The van der Waals surface area contributed by atoms with E-state index in [1.54, 1.807) is 30.6 Å². The predicted octanol–water partition coefficient (Wildman–Crippen LogP) is 3.61. The smallest absolute Gasteiger partial charge is 0.191 e. The molecular formula is C19H24Cl2N4O. The first-order chi connectivity index (χ1) is 12.6. The van der Waals surface area contributed by atoms with Crippen LogP contribution < -0.4 is 10.6 Å². The Morgan fingerprint density at radius 2 is 1.96 bits per heavy atom. The van der Waals surface area contributed by atoms with Gasteiger partial charge in [0.15, 0.2) is 5.96 Å². The van der Waals surface area contributed by atoms with E-state index in [4.69, 9.17) is 23.2 Å². The number of pyridine rings is 1. The molecule has 2 aromatic rings. The molecule has 0 saturated carbocycles. The number of rotatable bonds is 8. The lowest BCUT2D eigenvalue weighted by Crippen LogP contribution is -2.38. The fraction of sp³-hybridized carbons (Fsp3) is 0.368. The molecule has 1 atom stereocenters. The number of aliphatic imine (C=N–C) groups is 1. The number of benzene rings is 1. The summed E-state index contributed by atoms with van der Waals surface area (Å²) in [5.74, 6) is 0.683. The highest BCUT2D eigenvalue weighted by molar-refractivity contribution is 6.35. The number of aliphatic hydroxyl groups is 1. The molecule has 0 saturated heterocycles. The topological polar surface area (TPSA) is 69.5 Å². The SMILES string of the molecule is CCNC(=NCC(O)c1ccncc1)NCCCc1ccc(Cl)cc1Cl. The number of hydrogen-bond donors (Lipinski definition) is 3. The Labute approximate surface area is 164 Å². The normalized spacial score (nSPS) is 12.7. The Kier molecular flexibility index (Phi) is 8.68. The molecule has 1 unspecified atom stereocenters. The zero-order valence-electron chi connectivity index (χ0n) is 14.8. The number of halogens is 2. The van der Waals surface area contributed by atoms with Crippen LogP contribution in [-0.4, -0.2) is 35.7 Å². The summed E-state index contributed by atoms with van der Waals surface area (Å²) in [6.45, 7) is 3.78. The summed E-state index contributed by atoms with van der Waals surface area (Å²) in [5.41, 5.74) is 1.88. The molecule has 5 nitrogen and oxygen atoms in total. The van der Waals surface area contributed by atoms with Gasteiger partial charge >= 0.3 is 0 Å². The van der Waals surface area contributed by atoms with E-state index in [-0.39, 0.29) is 6.54 Å². The minimum absolute atomic E-state index is 0.280. The Bertz CT molecular complexity index is 710. The first-order valence-corrected chi connectivity index (χ1v) is 9.40. The number of aryl methyl sites for hydroxylation is 1. The second kappa shape index (κ2) is 11.0. The van der Waals surface area contributed by atoms with Crippen LogP contribution in [0.3, 0.4) is 0 Å². The minimum atomic E-state index is -0.652. The number of aliphatic hydroxyl groups excluding tert-OH is 1. The van der Waals surface area contributed by atoms with E-state index in [9.17, 15) is 5.11 Å². The van der Waals surface area contributed by atoms with Crippen LogP contribution in [0, 0.1) is 0 Å². The molecule has 26 heavy (non-hydrogen) atoms. The van der Waals surface area contributed by atoms with Gasteiger partial charge in [-0.05, 0) is 55.2 Å². The Morgan fingerprint density at radius 1 is 1.19 bits per heavy atom. The molecule has 0 aliphatic carbocycles. The van der Waals surface area contributed by atoms with Gasteiger partial charge in [-0.2, -0.15) is 0 Å². The number of nitrogens with one attached hydrogen (secondary N) is 2. The van der Waals surface area contributed by atoms with Gasteiger partial charge in [0.2, 0.25) is 0 Å². The van der Waals surface area contributed by atoms with Crippen molar-refractivity contribution in [3.63, 3.8) is 0 Å². The molecule has 0 fully saturated rings. The molecule has 3 N–H and O–H groups in total. The van der Waals surface area contributed by atoms with Gasteiger partial charge in [0.1, 0.15) is 0 Å². The maximum Gasteiger partial charge on any atom is 0.191 e. The summed E-state index contributed by atoms with van der Waals surface area (Å²) in [4.78, 5) is 8.39. The van der Waals surface area contributed by atoms with E-state index in [0.717, 1.165) is 37.1 Å². The van der Waals surface area contributed by atoms with Crippen LogP contribution in [0.25, 0.3) is 0 Å². The van der Waals surface area contributed by atoms with Crippen molar-refractivity contribution >= 4 is 29.2 Å². The fourth-order valence-electron chi connectivity index (χ4n) is 2.42. The highest BCUT2D eigenvalue weighted by atomic mass is 35.5. The standard InChI is InChI=1S/C19H24Cl2N4O/c1-2-23-19(25-13-18(26)15-7-10-22-11-8-15)24-9-3-4-14-5-6-16(20)12-17(14)21/h5-8,10-12,18,26H,2-4,9,13H2,1H3,(H2,23,24,25). The summed E-state index contributed by atoms with van der Waals surface area (Å²) in [6.07, 6.45) is 4.42. The van der Waals surface area contributed by atoms with Gasteiger partial charge in [-0.1, -0.05) is 29.3 Å². The molecule has 140 valence electrons. The quantitative estimate of drug-likeness (QED) is 0.363. The molecule has 0 amide bonds. The van der Waals surface area contributed by atoms with Gasteiger partial charge in [0.05, 0.1) is 12.6 Å². The third-order valence-electron chi connectivity index (χ3n) is 3.79. The van der Waals surface area contributed by atoms with Crippen molar-refractivity contribution in [2.75, 3.05) is 19.6 Å². The average molecular weight is 395 g/mol. The molecule has 0 radical (unpaired) electrons. The highest BCUT2D eigenvalue weighted by Crippen LogP contribution is 2.21. The van der Waals surface area contributed by atoms with E-state index in [0.29, 0.717) is 16.0 Å². The van der Waals surface area contributed by atoms with Gasteiger partial charge in [-0.25, -0.2) is 0 Å². The van der Waals surface area contributed by atoms with Crippen molar-refractivity contribution in [2.45, 2.75) is 25.9 Å². The van der Waals surface area contributed by atoms with E-state index in [1.807, 2.05) is 19.1 Å². The molecular weight excluding hydrogens is 371 g/mol. The maximum atomic E-state index is 10.2. The first-order valence-electron chi connectivity index (χ1n) is 8.64. The minimum Gasteiger partial charge on any atom is -0.386 e. The van der Waals surface area contributed by atoms with Gasteiger partial charge < -0.3 is 15.7 Å². The van der Waals surface area contributed by atoms with Gasteiger partial charge in [-0.3, -0.25) is 9.98 Å². The molecule has 0 aliphatic rings. The largest absolute Gasteiger partial charge is 0.386 e.